The molecule has 1 unspecified atom stereocenters. The van der Waals surface area contributed by atoms with Crippen LogP contribution < -0.4 is 0 Å². The third-order valence-corrected chi connectivity index (χ3v) is 1.71. The van der Waals surface area contributed by atoms with Crippen LogP contribution >= 0.6 is 0 Å². The van der Waals surface area contributed by atoms with E-state index in [0.717, 1.165) is 5.56 Å². The average Bonchev–Trinajstić information content (AvgIpc) is 2.15. The molecule has 66 valence electrons. The van der Waals surface area contributed by atoms with Crippen molar-refractivity contribution < 1.29 is 9.84 Å². The maximum absolute atomic E-state index is 8.99. The molecule has 0 heterocycles. The van der Waals surface area contributed by atoms with Crippen LogP contribution in [0, 0.1) is 0 Å². The maximum Gasteiger partial charge on any atom is 0.105 e. The van der Waals surface area contributed by atoms with E-state index < -0.39 is 0 Å². The maximum atomic E-state index is 8.99. The van der Waals surface area contributed by atoms with Gasteiger partial charge >= 0.3 is 0 Å². The van der Waals surface area contributed by atoms with Crippen LogP contribution in [0.5, 0.6) is 0 Å². The predicted octanol–water partition coefficient (Wildman–Crippen LogP) is 1.76. The zero-order chi connectivity index (χ0) is 8.81. The lowest BCUT2D eigenvalue weighted by Crippen LogP contribution is -2.08. The van der Waals surface area contributed by atoms with E-state index in [1.165, 1.54) is 0 Å². The molecule has 12 heavy (non-hydrogen) atoms. The molecule has 2 nitrogen and oxygen atoms in total. The lowest BCUT2D eigenvalue weighted by molar-refractivity contribution is 0.0189. The molecule has 0 spiro atoms. The summed E-state index contributed by atoms with van der Waals surface area (Å²) in [5.41, 5.74) is 1.03. The van der Waals surface area contributed by atoms with Crippen molar-refractivity contribution in [2.45, 2.75) is 13.0 Å². The Morgan fingerprint density at radius 2 is 2.00 bits per heavy atom. The van der Waals surface area contributed by atoms with Crippen molar-refractivity contribution in [1.82, 2.24) is 0 Å². The van der Waals surface area contributed by atoms with E-state index in [1.807, 2.05) is 37.3 Å². The van der Waals surface area contributed by atoms with Crippen molar-refractivity contribution in [3.8, 4) is 0 Å². The largest absolute Gasteiger partial charge is 0.393 e. The molecule has 1 N–H and O–H groups in total. The van der Waals surface area contributed by atoms with E-state index >= 15 is 0 Å². The molecule has 1 aromatic rings. The van der Waals surface area contributed by atoms with Gasteiger partial charge in [-0.15, -0.1) is 0 Å². The summed E-state index contributed by atoms with van der Waals surface area (Å²) in [5, 5.41) is 8.99. The van der Waals surface area contributed by atoms with Crippen molar-refractivity contribution in [3.63, 3.8) is 0 Å². The summed E-state index contributed by atoms with van der Waals surface area (Å²) in [6.07, 6.45) is -0.170. The Labute approximate surface area is 72.8 Å². The molecule has 0 aliphatic heterocycles. The van der Waals surface area contributed by atoms with Crippen LogP contribution in [0.3, 0.4) is 0 Å². The molecular weight excluding hydrogens is 152 g/mol. The van der Waals surface area contributed by atoms with Gasteiger partial charge in [-0.2, -0.15) is 0 Å². The third-order valence-electron chi connectivity index (χ3n) is 1.71. The first-order valence-corrected chi connectivity index (χ1v) is 4.16. The second kappa shape index (κ2) is 4.91. The van der Waals surface area contributed by atoms with Gasteiger partial charge in [-0.25, -0.2) is 0 Å². The highest BCUT2D eigenvalue weighted by molar-refractivity contribution is 5.17. The summed E-state index contributed by atoms with van der Waals surface area (Å²) in [4.78, 5) is 0. The zero-order valence-electron chi connectivity index (χ0n) is 7.23. The minimum absolute atomic E-state index is 0.0395. The van der Waals surface area contributed by atoms with Crippen LogP contribution in [-0.2, 0) is 4.74 Å². The van der Waals surface area contributed by atoms with E-state index in [-0.39, 0.29) is 12.7 Å². The molecule has 1 atom stereocenters. The Hall–Kier alpha value is -0.860. The number of ether oxygens (including phenoxy) is 1. The first kappa shape index (κ1) is 9.23. The summed E-state index contributed by atoms with van der Waals surface area (Å²) >= 11 is 0. The van der Waals surface area contributed by atoms with Gasteiger partial charge in [0.25, 0.3) is 0 Å². The molecule has 1 aromatic carbocycles. The second-order valence-electron chi connectivity index (χ2n) is 2.54. The molecule has 0 saturated heterocycles. The van der Waals surface area contributed by atoms with Gasteiger partial charge in [0.15, 0.2) is 0 Å². The number of hydrogen-bond donors (Lipinski definition) is 1. The van der Waals surface area contributed by atoms with Gasteiger partial charge in [0.05, 0.1) is 6.61 Å². The van der Waals surface area contributed by atoms with Crippen LogP contribution in [0.1, 0.15) is 18.6 Å². The molecule has 0 aromatic heterocycles. The van der Waals surface area contributed by atoms with Gasteiger partial charge in [-0.05, 0) is 12.5 Å². The summed E-state index contributed by atoms with van der Waals surface area (Å²) in [6, 6.07) is 9.74. The Kier molecular flexibility index (Phi) is 3.77. The van der Waals surface area contributed by atoms with Crippen molar-refractivity contribution in [2.75, 3.05) is 13.2 Å². The average molecular weight is 166 g/mol. The number of aliphatic hydroxyl groups is 1. The van der Waals surface area contributed by atoms with Crippen molar-refractivity contribution >= 4 is 0 Å². The second-order valence-corrected chi connectivity index (χ2v) is 2.54. The molecule has 0 aliphatic rings. The van der Waals surface area contributed by atoms with Gasteiger partial charge in [0.2, 0.25) is 0 Å². The number of hydrogen-bond acceptors (Lipinski definition) is 2. The summed E-state index contributed by atoms with van der Waals surface area (Å²) in [7, 11) is 0. The topological polar surface area (TPSA) is 29.5 Å². The molecule has 0 fully saturated rings. The van der Waals surface area contributed by atoms with Gasteiger partial charge in [-0.1, -0.05) is 30.3 Å². The fraction of sp³-hybridized carbons (Fsp3) is 0.400. The molecule has 0 radical (unpaired) electrons. The van der Waals surface area contributed by atoms with Crippen LogP contribution in [0.2, 0.25) is 0 Å². The molecule has 0 amide bonds. The zero-order valence-corrected chi connectivity index (χ0v) is 7.23. The van der Waals surface area contributed by atoms with Gasteiger partial charge in [-0.3, -0.25) is 0 Å². The van der Waals surface area contributed by atoms with E-state index in [1.54, 1.807) is 0 Å². The SMILES string of the molecule is CCOC(CO)c1ccccc1. The minimum atomic E-state index is -0.170. The summed E-state index contributed by atoms with van der Waals surface area (Å²) in [5.74, 6) is 0. The highest BCUT2D eigenvalue weighted by atomic mass is 16.5. The minimum Gasteiger partial charge on any atom is -0.393 e. The van der Waals surface area contributed by atoms with Gasteiger partial charge in [0, 0.05) is 6.61 Å². The van der Waals surface area contributed by atoms with Gasteiger partial charge < -0.3 is 9.84 Å². The Bertz CT molecular complexity index is 208. The predicted molar refractivity (Wildman–Crippen MR) is 47.9 cm³/mol. The van der Waals surface area contributed by atoms with Crippen molar-refractivity contribution in [2.24, 2.45) is 0 Å². The van der Waals surface area contributed by atoms with Crippen LogP contribution in [0.25, 0.3) is 0 Å². The Balaban J connectivity index is 2.66. The summed E-state index contributed by atoms with van der Waals surface area (Å²) in [6.45, 7) is 2.59. The quantitative estimate of drug-likeness (QED) is 0.738. The number of benzene rings is 1. The van der Waals surface area contributed by atoms with E-state index in [4.69, 9.17) is 9.84 Å². The summed E-state index contributed by atoms with van der Waals surface area (Å²) < 4.78 is 5.33. The van der Waals surface area contributed by atoms with Crippen LogP contribution in [0.15, 0.2) is 30.3 Å². The number of aliphatic hydroxyl groups excluding tert-OH is 1. The van der Waals surface area contributed by atoms with E-state index in [2.05, 4.69) is 0 Å². The van der Waals surface area contributed by atoms with Crippen molar-refractivity contribution in [3.05, 3.63) is 35.9 Å². The third kappa shape index (κ3) is 2.32. The first-order chi connectivity index (χ1) is 5.88. The van der Waals surface area contributed by atoms with E-state index in [9.17, 15) is 0 Å². The van der Waals surface area contributed by atoms with Gasteiger partial charge in [0.1, 0.15) is 6.10 Å². The Morgan fingerprint density at radius 3 is 2.50 bits per heavy atom. The molecule has 0 bridgehead atoms. The number of rotatable bonds is 4. The monoisotopic (exact) mass is 166 g/mol. The van der Waals surface area contributed by atoms with E-state index in [0.29, 0.717) is 6.61 Å². The first-order valence-electron chi connectivity index (χ1n) is 4.16. The molecule has 0 saturated carbocycles. The highest BCUT2D eigenvalue weighted by Gasteiger charge is 2.07. The molecule has 0 aliphatic carbocycles. The smallest absolute Gasteiger partial charge is 0.105 e. The van der Waals surface area contributed by atoms with Crippen LogP contribution in [0.4, 0.5) is 0 Å². The highest BCUT2D eigenvalue weighted by Crippen LogP contribution is 2.15. The normalized spacial score (nSPS) is 12.8. The standard InChI is InChI=1S/C10H14O2/c1-2-12-10(8-11)9-6-4-3-5-7-9/h3-7,10-11H,2,8H2,1H3. The van der Waals surface area contributed by atoms with Crippen molar-refractivity contribution in [1.29, 1.82) is 0 Å². The fourth-order valence-corrected chi connectivity index (χ4v) is 1.12. The molecule has 2 heteroatoms. The Morgan fingerprint density at radius 1 is 1.33 bits per heavy atom. The van der Waals surface area contributed by atoms with Crippen LogP contribution in [-0.4, -0.2) is 18.3 Å². The lowest BCUT2D eigenvalue weighted by atomic mass is 10.1. The lowest BCUT2D eigenvalue weighted by Gasteiger charge is -2.13. The molecular formula is C10H14O2. The molecule has 1 rings (SSSR count). The fourth-order valence-electron chi connectivity index (χ4n) is 1.12.